The van der Waals surface area contributed by atoms with Crippen molar-refractivity contribution in [1.29, 1.82) is 0 Å². The van der Waals surface area contributed by atoms with Gasteiger partial charge in [0, 0.05) is 6.08 Å². The molecule has 0 amide bonds. The van der Waals surface area contributed by atoms with Crippen LogP contribution >= 0.6 is 0 Å². The van der Waals surface area contributed by atoms with Gasteiger partial charge in [-0.05, 0) is 23.8 Å². The van der Waals surface area contributed by atoms with E-state index in [1.807, 2.05) is 0 Å². The third-order valence-corrected chi connectivity index (χ3v) is 2.58. The lowest BCUT2D eigenvalue weighted by atomic mass is 10.2. The van der Waals surface area contributed by atoms with Crippen molar-refractivity contribution < 1.29 is 39.5 Å². The minimum Gasteiger partial charge on any atom is -0.460 e. The molecule has 8 nitrogen and oxygen atoms in total. The predicted molar refractivity (Wildman–Crippen MR) is 78.3 cm³/mol. The fourth-order valence-electron chi connectivity index (χ4n) is 1.35. The van der Waals surface area contributed by atoms with E-state index in [1.165, 1.54) is 18.2 Å². The molecule has 1 aromatic carbocycles. The van der Waals surface area contributed by atoms with E-state index in [1.54, 1.807) is 12.1 Å². The molecule has 0 bridgehead atoms. The molecular weight excluding hydrogens is 308 g/mol. The minimum absolute atomic E-state index is 0.174. The van der Waals surface area contributed by atoms with Crippen LogP contribution in [0.25, 0.3) is 6.08 Å². The summed E-state index contributed by atoms with van der Waals surface area (Å²) in [6.45, 7) is -1.53. The zero-order valence-electron chi connectivity index (χ0n) is 12.2. The second-order valence-corrected chi connectivity index (χ2v) is 4.49. The number of benzene rings is 1. The average Bonchev–Trinajstić information content (AvgIpc) is 2.58. The van der Waals surface area contributed by atoms with Gasteiger partial charge in [-0.2, -0.15) is 0 Å². The van der Waals surface area contributed by atoms with E-state index < -0.39 is 37.4 Å². The van der Waals surface area contributed by atoms with Gasteiger partial charge in [0.05, 0.1) is 13.2 Å². The van der Waals surface area contributed by atoms with Crippen LogP contribution in [0.4, 0.5) is 0 Å². The molecule has 0 heterocycles. The van der Waals surface area contributed by atoms with Crippen LogP contribution < -0.4 is 4.74 Å². The molecule has 0 aliphatic rings. The van der Waals surface area contributed by atoms with E-state index in [0.717, 1.165) is 6.08 Å². The number of ether oxygens (including phenoxy) is 2. The molecule has 0 aliphatic carbocycles. The van der Waals surface area contributed by atoms with Gasteiger partial charge in [-0.3, -0.25) is 0 Å². The normalized spacial score (nSPS) is 13.6. The van der Waals surface area contributed by atoms with E-state index in [-0.39, 0.29) is 12.4 Å². The molecule has 0 saturated heterocycles. The number of aliphatic hydroxyl groups excluding tert-OH is 4. The fraction of sp³-hybridized carbons (Fsp3) is 0.333. The van der Waals surface area contributed by atoms with Crippen LogP contribution in [0.1, 0.15) is 5.56 Å². The van der Waals surface area contributed by atoms with Gasteiger partial charge in [-0.15, -0.1) is 0 Å². The maximum atomic E-state index is 11.3. The second-order valence-electron chi connectivity index (χ2n) is 4.49. The molecule has 0 aliphatic heterocycles. The SMILES string of the molecule is O=C(C=Cc1ccc(OC(=O)C(O)CO)cc1)OCC(O)CO. The molecule has 0 spiro atoms. The quantitative estimate of drug-likeness (QED) is 0.267. The molecule has 2 atom stereocenters. The fourth-order valence-corrected chi connectivity index (χ4v) is 1.35. The lowest BCUT2D eigenvalue weighted by molar-refractivity contribution is -0.145. The van der Waals surface area contributed by atoms with Gasteiger partial charge in [0.2, 0.25) is 0 Å². The Labute approximate surface area is 132 Å². The van der Waals surface area contributed by atoms with Crippen molar-refractivity contribution in [3.63, 3.8) is 0 Å². The molecule has 0 saturated carbocycles. The summed E-state index contributed by atoms with van der Waals surface area (Å²) in [5, 5.41) is 35.3. The lowest BCUT2D eigenvalue weighted by Gasteiger charge is -2.07. The summed E-state index contributed by atoms with van der Waals surface area (Å²) in [5.41, 5.74) is 0.618. The van der Waals surface area contributed by atoms with Crippen molar-refractivity contribution in [2.75, 3.05) is 19.8 Å². The summed E-state index contributed by atoms with van der Waals surface area (Å²) < 4.78 is 9.48. The first-order chi connectivity index (χ1) is 11.0. The standard InChI is InChI=1S/C15H18O8/c16-7-11(18)9-22-14(20)6-3-10-1-4-12(5-2-10)23-15(21)13(19)8-17/h1-6,11,13,16-19H,7-9H2. The third-order valence-electron chi connectivity index (χ3n) is 2.58. The first-order valence-electron chi connectivity index (χ1n) is 6.70. The van der Waals surface area contributed by atoms with Gasteiger partial charge in [0.15, 0.2) is 6.10 Å². The van der Waals surface area contributed by atoms with Gasteiger partial charge >= 0.3 is 11.9 Å². The van der Waals surface area contributed by atoms with Crippen LogP contribution in [0.5, 0.6) is 5.75 Å². The van der Waals surface area contributed by atoms with Crippen molar-refractivity contribution in [2.24, 2.45) is 0 Å². The summed E-state index contributed by atoms with van der Waals surface area (Å²) in [7, 11) is 0. The van der Waals surface area contributed by atoms with Crippen molar-refractivity contribution in [3.8, 4) is 5.75 Å². The Kier molecular flexibility index (Phi) is 7.92. The monoisotopic (exact) mass is 326 g/mol. The Balaban J connectivity index is 2.52. The molecule has 23 heavy (non-hydrogen) atoms. The van der Waals surface area contributed by atoms with E-state index in [0.29, 0.717) is 5.56 Å². The number of aliphatic hydroxyl groups is 4. The predicted octanol–water partition coefficient (Wildman–Crippen LogP) is -1.15. The summed E-state index contributed by atoms with van der Waals surface area (Å²) in [4.78, 5) is 22.6. The minimum atomic E-state index is -1.60. The van der Waals surface area contributed by atoms with E-state index in [9.17, 15) is 9.59 Å². The lowest BCUT2D eigenvalue weighted by Crippen LogP contribution is -2.28. The number of esters is 2. The number of hydrogen-bond acceptors (Lipinski definition) is 8. The summed E-state index contributed by atoms with van der Waals surface area (Å²) in [6, 6.07) is 6.01. The van der Waals surface area contributed by atoms with Crippen LogP contribution in [0, 0.1) is 0 Å². The molecule has 126 valence electrons. The van der Waals surface area contributed by atoms with Crippen molar-refractivity contribution >= 4 is 18.0 Å². The van der Waals surface area contributed by atoms with Crippen LogP contribution in [-0.4, -0.2) is 64.4 Å². The van der Waals surface area contributed by atoms with Gasteiger partial charge in [0.25, 0.3) is 0 Å². The first-order valence-corrected chi connectivity index (χ1v) is 6.70. The van der Waals surface area contributed by atoms with Gasteiger partial charge < -0.3 is 29.9 Å². The maximum Gasteiger partial charge on any atom is 0.342 e. The van der Waals surface area contributed by atoms with Crippen molar-refractivity contribution in [2.45, 2.75) is 12.2 Å². The average molecular weight is 326 g/mol. The molecule has 0 fully saturated rings. The number of hydrogen-bond donors (Lipinski definition) is 4. The number of rotatable bonds is 8. The van der Waals surface area contributed by atoms with E-state index in [4.69, 9.17) is 25.2 Å². The van der Waals surface area contributed by atoms with Gasteiger partial charge in [-0.1, -0.05) is 12.1 Å². The highest BCUT2D eigenvalue weighted by Gasteiger charge is 2.15. The Morgan fingerprint density at radius 1 is 1.09 bits per heavy atom. The first kappa shape index (κ1) is 18.8. The van der Waals surface area contributed by atoms with Gasteiger partial charge in [0.1, 0.15) is 18.5 Å². The topological polar surface area (TPSA) is 134 Å². The van der Waals surface area contributed by atoms with Crippen LogP contribution in [-0.2, 0) is 14.3 Å². The highest BCUT2D eigenvalue weighted by molar-refractivity contribution is 5.87. The van der Waals surface area contributed by atoms with E-state index >= 15 is 0 Å². The molecule has 8 heteroatoms. The Hall–Kier alpha value is -2.26. The van der Waals surface area contributed by atoms with Crippen LogP contribution in [0.3, 0.4) is 0 Å². The Morgan fingerprint density at radius 3 is 2.30 bits per heavy atom. The molecule has 2 unspecified atom stereocenters. The zero-order chi connectivity index (χ0) is 17.2. The van der Waals surface area contributed by atoms with Crippen LogP contribution in [0.2, 0.25) is 0 Å². The summed E-state index contributed by atoms with van der Waals surface area (Å²) in [5.74, 6) is -1.48. The smallest absolute Gasteiger partial charge is 0.342 e. The zero-order valence-corrected chi connectivity index (χ0v) is 12.2. The molecule has 1 aromatic rings. The molecule has 0 aromatic heterocycles. The highest BCUT2D eigenvalue weighted by Crippen LogP contribution is 2.14. The third kappa shape index (κ3) is 7.02. The van der Waals surface area contributed by atoms with E-state index in [2.05, 4.69) is 4.74 Å². The summed E-state index contributed by atoms with van der Waals surface area (Å²) in [6.07, 6.45) is -0.128. The molecular formula is C15H18O8. The largest absolute Gasteiger partial charge is 0.460 e. The second kappa shape index (κ2) is 9.70. The van der Waals surface area contributed by atoms with Crippen molar-refractivity contribution in [3.05, 3.63) is 35.9 Å². The Bertz CT molecular complexity index is 537. The number of carbonyl (C=O) groups excluding carboxylic acids is 2. The molecule has 0 radical (unpaired) electrons. The molecule has 4 N–H and O–H groups in total. The highest BCUT2D eigenvalue weighted by atomic mass is 16.6. The van der Waals surface area contributed by atoms with Crippen LogP contribution in [0.15, 0.2) is 30.3 Å². The Morgan fingerprint density at radius 2 is 1.74 bits per heavy atom. The van der Waals surface area contributed by atoms with Crippen molar-refractivity contribution in [1.82, 2.24) is 0 Å². The maximum absolute atomic E-state index is 11.3. The van der Waals surface area contributed by atoms with Gasteiger partial charge in [-0.25, -0.2) is 9.59 Å². The summed E-state index contributed by atoms with van der Waals surface area (Å²) >= 11 is 0. The number of carbonyl (C=O) groups is 2. The molecule has 1 rings (SSSR count).